The first-order valence-corrected chi connectivity index (χ1v) is 3.96. The zero-order valence-corrected chi connectivity index (χ0v) is 6.91. The fraction of sp³-hybridized carbons (Fsp3) is 1.00. The van der Waals surface area contributed by atoms with E-state index in [4.69, 9.17) is 11.6 Å². The van der Waals surface area contributed by atoms with Gasteiger partial charge in [-0.15, -0.1) is 11.6 Å². The van der Waals surface area contributed by atoms with E-state index in [-0.39, 0.29) is 0 Å². The van der Waals surface area contributed by atoms with Crippen LogP contribution in [0.1, 0.15) is 13.8 Å². The van der Waals surface area contributed by atoms with Crippen molar-refractivity contribution in [2.24, 2.45) is 5.41 Å². The van der Waals surface area contributed by atoms with Gasteiger partial charge >= 0.3 is 0 Å². The SMILES string of the molecule is CC1(C)CN(CCCl)C1. The second-order valence-corrected chi connectivity index (χ2v) is 3.94. The molecule has 1 rings (SSSR count). The molecule has 1 saturated heterocycles. The van der Waals surface area contributed by atoms with E-state index in [0.717, 1.165) is 12.4 Å². The number of likely N-dealkylation sites (tertiary alicyclic amines) is 1. The Bertz CT molecular complexity index is 93.1. The van der Waals surface area contributed by atoms with Crippen LogP contribution >= 0.6 is 11.6 Å². The van der Waals surface area contributed by atoms with Gasteiger partial charge in [0.1, 0.15) is 0 Å². The standard InChI is InChI=1S/C7H14ClN/c1-7(2)5-9(6-7)4-3-8/h3-6H2,1-2H3. The van der Waals surface area contributed by atoms with Crippen molar-refractivity contribution < 1.29 is 0 Å². The maximum atomic E-state index is 5.56. The molecule has 1 aliphatic rings. The lowest BCUT2D eigenvalue weighted by Gasteiger charge is -2.45. The molecule has 0 radical (unpaired) electrons. The molecule has 1 heterocycles. The molecular formula is C7H14ClN. The molecule has 1 fully saturated rings. The Morgan fingerprint density at radius 3 is 2.33 bits per heavy atom. The van der Waals surface area contributed by atoms with Crippen molar-refractivity contribution in [2.45, 2.75) is 13.8 Å². The molecule has 0 N–H and O–H groups in total. The second-order valence-electron chi connectivity index (χ2n) is 3.56. The normalized spacial score (nSPS) is 25.7. The molecule has 0 aliphatic carbocycles. The van der Waals surface area contributed by atoms with Crippen LogP contribution in [-0.2, 0) is 0 Å². The minimum Gasteiger partial charge on any atom is -0.301 e. The van der Waals surface area contributed by atoms with Crippen LogP contribution in [0.5, 0.6) is 0 Å². The number of nitrogens with zero attached hydrogens (tertiary/aromatic N) is 1. The summed E-state index contributed by atoms with van der Waals surface area (Å²) in [6.45, 7) is 8.08. The molecule has 0 atom stereocenters. The summed E-state index contributed by atoms with van der Waals surface area (Å²) in [5.41, 5.74) is 0.562. The zero-order valence-electron chi connectivity index (χ0n) is 6.15. The van der Waals surface area contributed by atoms with Crippen LogP contribution in [0.3, 0.4) is 0 Å². The molecule has 0 aromatic rings. The molecule has 1 nitrogen and oxygen atoms in total. The Hall–Kier alpha value is 0.250. The van der Waals surface area contributed by atoms with Gasteiger partial charge in [0.15, 0.2) is 0 Å². The fourth-order valence-electron chi connectivity index (χ4n) is 1.44. The molecule has 0 aromatic carbocycles. The molecule has 9 heavy (non-hydrogen) atoms. The summed E-state index contributed by atoms with van der Waals surface area (Å²) in [4.78, 5) is 2.38. The lowest BCUT2D eigenvalue weighted by Crippen LogP contribution is -2.53. The maximum Gasteiger partial charge on any atom is 0.0351 e. The van der Waals surface area contributed by atoms with Crippen molar-refractivity contribution in [3.05, 3.63) is 0 Å². The summed E-state index contributed by atoms with van der Waals surface area (Å²) in [5.74, 6) is 0.774. The quantitative estimate of drug-likeness (QED) is 0.536. The molecule has 0 aromatic heterocycles. The molecule has 0 bridgehead atoms. The van der Waals surface area contributed by atoms with E-state index in [1.165, 1.54) is 13.1 Å². The third-order valence-corrected chi connectivity index (χ3v) is 1.87. The van der Waals surface area contributed by atoms with Gasteiger partial charge in [-0.3, -0.25) is 0 Å². The summed E-state index contributed by atoms with van der Waals surface area (Å²) >= 11 is 5.56. The van der Waals surface area contributed by atoms with Gasteiger partial charge in [-0.2, -0.15) is 0 Å². The first kappa shape index (κ1) is 7.36. The third-order valence-electron chi connectivity index (χ3n) is 1.70. The average Bonchev–Trinajstić information content (AvgIpc) is 1.62. The van der Waals surface area contributed by atoms with Crippen LogP contribution in [-0.4, -0.2) is 30.4 Å². The largest absolute Gasteiger partial charge is 0.301 e. The molecule has 54 valence electrons. The topological polar surface area (TPSA) is 3.24 Å². The van der Waals surface area contributed by atoms with E-state index >= 15 is 0 Å². The summed E-state index contributed by atoms with van der Waals surface area (Å²) in [6.07, 6.45) is 0. The van der Waals surface area contributed by atoms with E-state index in [0.29, 0.717) is 5.41 Å². The number of rotatable bonds is 2. The maximum absolute atomic E-state index is 5.56. The van der Waals surface area contributed by atoms with Gasteiger partial charge in [0.25, 0.3) is 0 Å². The van der Waals surface area contributed by atoms with E-state index in [9.17, 15) is 0 Å². The van der Waals surface area contributed by atoms with Crippen molar-refractivity contribution in [3.8, 4) is 0 Å². The second kappa shape index (κ2) is 2.47. The average molecular weight is 148 g/mol. The molecule has 1 aliphatic heterocycles. The highest BCUT2D eigenvalue weighted by Gasteiger charge is 2.32. The smallest absolute Gasteiger partial charge is 0.0351 e. The Morgan fingerprint density at radius 2 is 2.00 bits per heavy atom. The van der Waals surface area contributed by atoms with Gasteiger partial charge in [0, 0.05) is 25.5 Å². The van der Waals surface area contributed by atoms with Crippen molar-refractivity contribution >= 4 is 11.6 Å². The first-order chi connectivity index (χ1) is 4.14. The third kappa shape index (κ3) is 1.84. The van der Waals surface area contributed by atoms with Gasteiger partial charge in [0.05, 0.1) is 0 Å². The predicted octanol–water partition coefficient (Wildman–Crippen LogP) is 1.57. The van der Waals surface area contributed by atoms with Crippen molar-refractivity contribution in [1.82, 2.24) is 4.90 Å². The van der Waals surface area contributed by atoms with Crippen molar-refractivity contribution in [3.63, 3.8) is 0 Å². The minimum absolute atomic E-state index is 0.562. The van der Waals surface area contributed by atoms with E-state index in [1.807, 2.05) is 0 Å². The van der Waals surface area contributed by atoms with Gasteiger partial charge in [-0.05, 0) is 5.41 Å². The van der Waals surface area contributed by atoms with Crippen LogP contribution in [0, 0.1) is 5.41 Å². The van der Waals surface area contributed by atoms with Crippen LogP contribution in [0.15, 0.2) is 0 Å². The van der Waals surface area contributed by atoms with Crippen LogP contribution in [0.25, 0.3) is 0 Å². The molecule has 0 amide bonds. The van der Waals surface area contributed by atoms with E-state index in [1.54, 1.807) is 0 Å². The van der Waals surface area contributed by atoms with Gasteiger partial charge < -0.3 is 4.90 Å². The van der Waals surface area contributed by atoms with Gasteiger partial charge in [-0.1, -0.05) is 13.8 Å². The summed E-state index contributed by atoms with van der Waals surface area (Å²) < 4.78 is 0. The molecule has 0 spiro atoms. The van der Waals surface area contributed by atoms with Gasteiger partial charge in [-0.25, -0.2) is 0 Å². The number of alkyl halides is 1. The lowest BCUT2D eigenvalue weighted by molar-refractivity contribution is 0.0372. The monoisotopic (exact) mass is 147 g/mol. The van der Waals surface area contributed by atoms with E-state index in [2.05, 4.69) is 18.7 Å². The highest BCUT2D eigenvalue weighted by atomic mass is 35.5. The number of hydrogen-bond donors (Lipinski definition) is 0. The number of hydrogen-bond acceptors (Lipinski definition) is 1. The summed E-state index contributed by atoms with van der Waals surface area (Å²) in [7, 11) is 0. The molecular weight excluding hydrogens is 134 g/mol. The van der Waals surface area contributed by atoms with Crippen LogP contribution < -0.4 is 0 Å². The minimum atomic E-state index is 0.562. The zero-order chi connectivity index (χ0) is 6.91. The Balaban J connectivity index is 2.12. The summed E-state index contributed by atoms with van der Waals surface area (Å²) in [6, 6.07) is 0. The van der Waals surface area contributed by atoms with Crippen molar-refractivity contribution in [1.29, 1.82) is 0 Å². The molecule has 2 heteroatoms. The highest BCUT2D eigenvalue weighted by molar-refractivity contribution is 6.18. The van der Waals surface area contributed by atoms with Gasteiger partial charge in [0.2, 0.25) is 0 Å². The van der Waals surface area contributed by atoms with Crippen LogP contribution in [0.4, 0.5) is 0 Å². The van der Waals surface area contributed by atoms with E-state index < -0.39 is 0 Å². The predicted molar refractivity (Wildman–Crippen MR) is 40.9 cm³/mol. The Kier molecular flexibility index (Phi) is 2.02. The Labute approximate surface area is 62.0 Å². The lowest BCUT2D eigenvalue weighted by atomic mass is 9.85. The summed E-state index contributed by atoms with van der Waals surface area (Å²) in [5, 5.41) is 0. The number of halogens is 1. The molecule has 0 saturated carbocycles. The molecule has 0 unspecified atom stereocenters. The highest BCUT2D eigenvalue weighted by Crippen LogP contribution is 2.27. The van der Waals surface area contributed by atoms with Crippen molar-refractivity contribution in [2.75, 3.05) is 25.5 Å². The van der Waals surface area contributed by atoms with Crippen LogP contribution in [0.2, 0.25) is 0 Å². The Morgan fingerprint density at radius 1 is 1.44 bits per heavy atom. The fourth-order valence-corrected chi connectivity index (χ4v) is 1.68. The first-order valence-electron chi connectivity index (χ1n) is 3.42.